The van der Waals surface area contributed by atoms with E-state index in [1.807, 2.05) is 37.6 Å². The zero-order valence-electron chi connectivity index (χ0n) is 20.0. The third-order valence-electron chi connectivity index (χ3n) is 6.27. The van der Waals surface area contributed by atoms with Crippen LogP contribution in [-0.4, -0.2) is 47.1 Å². The molecular formula is C25H31N5O3S. The summed E-state index contributed by atoms with van der Waals surface area (Å²) in [5.41, 5.74) is 2.26. The fourth-order valence-electron chi connectivity index (χ4n) is 4.20. The van der Waals surface area contributed by atoms with E-state index in [0.29, 0.717) is 29.9 Å². The molecule has 34 heavy (non-hydrogen) atoms. The lowest BCUT2D eigenvalue weighted by Crippen LogP contribution is -2.39. The molecule has 1 aliphatic heterocycles. The molecule has 1 amide bonds. The summed E-state index contributed by atoms with van der Waals surface area (Å²) in [6, 6.07) is 12.4. The van der Waals surface area contributed by atoms with E-state index in [-0.39, 0.29) is 22.3 Å². The lowest BCUT2D eigenvalue weighted by Gasteiger charge is -2.32. The third-order valence-corrected chi connectivity index (χ3v) is 7.79. The van der Waals surface area contributed by atoms with Gasteiger partial charge in [0.15, 0.2) is 0 Å². The largest absolute Gasteiger partial charge is 0.338 e. The normalized spacial score (nSPS) is 15.4. The molecule has 0 aliphatic carbocycles. The number of sulfonamides is 1. The van der Waals surface area contributed by atoms with Gasteiger partial charge in [0.2, 0.25) is 0 Å². The Balaban J connectivity index is 1.49. The van der Waals surface area contributed by atoms with Gasteiger partial charge in [0.05, 0.1) is 10.9 Å². The van der Waals surface area contributed by atoms with Crippen LogP contribution in [0.1, 0.15) is 61.1 Å². The molecule has 0 saturated carbocycles. The van der Waals surface area contributed by atoms with Crippen LogP contribution in [0.4, 0.5) is 5.69 Å². The second-order valence-corrected chi connectivity index (χ2v) is 11.5. The minimum absolute atomic E-state index is 0.107. The molecule has 3 aromatic rings. The first-order chi connectivity index (χ1) is 16.0. The van der Waals surface area contributed by atoms with Crippen molar-refractivity contribution in [1.82, 2.24) is 19.7 Å². The number of amides is 1. The molecule has 1 fully saturated rings. The Labute approximate surface area is 201 Å². The van der Waals surface area contributed by atoms with E-state index < -0.39 is 10.0 Å². The molecule has 0 bridgehead atoms. The van der Waals surface area contributed by atoms with Crippen LogP contribution >= 0.6 is 0 Å². The monoisotopic (exact) mass is 481 g/mol. The number of carbonyl (C=O) groups is 1. The smallest absolute Gasteiger partial charge is 0.262 e. The molecule has 180 valence electrons. The van der Waals surface area contributed by atoms with Crippen LogP contribution in [0.5, 0.6) is 0 Å². The Bertz CT molecular complexity index is 1270. The van der Waals surface area contributed by atoms with Gasteiger partial charge in [-0.3, -0.25) is 9.52 Å². The highest BCUT2D eigenvalue weighted by Crippen LogP contribution is 2.28. The molecular weight excluding hydrogens is 450 g/mol. The maximum Gasteiger partial charge on any atom is 0.262 e. The van der Waals surface area contributed by atoms with Crippen LogP contribution in [0.25, 0.3) is 0 Å². The maximum atomic E-state index is 13.2. The minimum atomic E-state index is -3.82. The summed E-state index contributed by atoms with van der Waals surface area (Å²) in [6.45, 7) is 9.14. The van der Waals surface area contributed by atoms with Crippen LogP contribution in [0.15, 0.2) is 60.0 Å². The van der Waals surface area contributed by atoms with E-state index in [2.05, 4.69) is 14.8 Å². The molecule has 0 unspecified atom stereocenters. The van der Waals surface area contributed by atoms with Crippen molar-refractivity contribution in [2.75, 3.05) is 17.8 Å². The Kier molecular flexibility index (Phi) is 6.49. The summed E-state index contributed by atoms with van der Waals surface area (Å²) in [4.78, 5) is 19.1. The number of carbonyl (C=O) groups excluding carboxylic acids is 1. The van der Waals surface area contributed by atoms with Gasteiger partial charge < -0.3 is 4.90 Å². The number of nitrogens with one attached hydrogen (secondary N) is 1. The first-order valence-electron chi connectivity index (χ1n) is 11.4. The molecule has 1 N–H and O–H groups in total. The molecule has 2 aromatic carbocycles. The SMILES string of the molecule is Cc1ccc(C(C)(C)C)cc1S(=O)(=O)Nc1cccc(C(=O)N2CCC(n3cncn3)CC2)c1. The lowest BCUT2D eigenvalue weighted by molar-refractivity contribution is 0.0690. The molecule has 9 heteroatoms. The standard InChI is InChI=1S/C25H31N5O3S/c1-18-8-9-20(25(2,3)4)15-23(18)34(32,33)28-21-7-5-6-19(14-21)24(31)29-12-10-22(11-13-29)30-17-26-16-27-30/h5-9,14-17,22,28H,10-13H2,1-4H3. The minimum Gasteiger partial charge on any atom is -0.338 e. The van der Waals surface area contributed by atoms with E-state index >= 15 is 0 Å². The Morgan fingerprint density at radius 2 is 1.82 bits per heavy atom. The molecule has 0 atom stereocenters. The van der Waals surface area contributed by atoms with Crippen LogP contribution in [-0.2, 0) is 15.4 Å². The second-order valence-electron chi connectivity index (χ2n) is 9.82. The summed E-state index contributed by atoms with van der Waals surface area (Å²) in [5.74, 6) is -0.107. The lowest BCUT2D eigenvalue weighted by atomic mass is 9.87. The van der Waals surface area contributed by atoms with E-state index in [9.17, 15) is 13.2 Å². The van der Waals surface area contributed by atoms with Crippen molar-refractivity contribution >= 4 is 21.6 Å². The molecule has 1 aromatic heterocycles. The Morgan fingerprint density at radius 1 is 1.09 bits per heavy atom. The number of hydrogen-bond donors (Lipinski definition) is 1. The Morgan fingerprint density at radius 3 is 2.47 bits per heavy atom. The van der Waals surface area contributed by atoms with Gasteiger partial charge in [-0.05, 0) is 60.6 Å². The van der Waals surface area contributed by atoms with E-state index in [1.165, 1.54) is 6.33 Å². The second kappa shape index (κ2) is 9.21. The van der Waals surface area contributed by atoms with Crippen molar-refractivity contribution in [2.24, 2.45) is 0 Å². The van der Waals surface area contributed by atoms with Crippen LogP contribution in [0.3, 0.4) is 0 Å². The number of piperidine rings is 1. The number of rotatable bonds is 5. The zero-order chi connectivity index (χ0) is 24.5. The molecule has 0 radical (unpaired) electrons. The van der Waals surface area contributed by atoms with Gasteiger partial charge in [0, 0.05) is 24.3 Å². The van der Waals surface area contributed by atoms with Crippen molar-refractivity contribution in [2.45, 2.75) is 56.9 Å². The Hall–Kier alpha value is -3.20. The topological polar surface area (TPSA) is 97.2 Å². The van der Waals surface area contributed by atoms with Crippen LogP contribution < -0.4 is 4.72 Å². The highest BCUT2D eigenvalue weighted by molar-refractivity contribution is 7.92. The van der Waals surface area contributed by atoms with Gasteiger partial charge in [-0.1, -0.05) is 39.0 Å². The van der Waals surface area contributed by atoms with Crippen LogP contribution in [0.2, 0.25) is 0 Å². The highest BCUT2D eigenvalue weighted by atomic mass is 32.2. The van der Waals surface area contributed by atoms with Gasteiger partial charge in [0.25, 0.3) is 15.9 Å². The number of anilines is 1. The van der Waals surface area contributed by atoms with Crippen molar-refractivity contribution in [3.05, 3.63) is 71.8 Å². The average Bonchev–Trinajstić information content (AvgIpc) is 3.33. The average molecular weight is 482 g/mol. The van der Waals surface area contributed by atoms with Gasteiger partial charge >= 0.3 is 0 Å². The van der Waals surface area contributed by atoms with Gasteiger partial charge in [-0.2, -0.15) is 5.10 Å². The first kappa shape index (κ1) is 23.9. The summed E-state index contributed by atoms with van der Waals surface area (Å²) in [6.07, 6.45) is 4.82. The highest BCUT2D eigenvalue weighted by Gasteiger charge is 2.26. The van der Waals surface area contributed by atoms with Crippen LogP contribution in [0, 0.1) is 6.92 Å². The molecule has 2 heterocycles. The van der Waals surface area contributed by atoms with Gasteiger partial charge in [-0.25, -0.2) is 18.1 Å². The predicted octanol–water partition coefficient (Wildman–Crippen LogP) is 4.16. The zero-order valence-corrected chi connectivity index (χ0v) is 20.8. The summed E-state index contributed by atoms with van der Waals surface area (Å²) < 4.78 is 30.9. The molecule has 0 spiro atoms. The van der Waals surface area contributed by atoms with E-state index in [1.54, 1.807) is 48.5 Å². The van der Waals surface area contributed by atoms with E-state index in [0.717, 1.165) is 18.4 Å². The van der Waals surface area contributed by atoms with Gasteiger partial charge in [-0.15, -0.1) is 0 Å². The van der Waals surface area contributed by atoms with Gasteiger partial charge in [0.1, 0.15) is 12.7 Å². The fourth-order valence-corrected chi connectivity index (χ4v) is 5.53. The maximum absolute atomic E-state index is 13.2. The number of likely N-dealkylation sites (tertiary alicyclic amines) is 1. The number of benzene rings is 2. The van der Waals surface area contributed by atoms with Crippen molar-refractivity contribution < 1.29 is 13.2 Å². The number of aromatic nitrogens is 3. The van der Waals surface area contributed by atoms with Crippen molar-refractivity contribution in [3.63, 3.8) is 0 Å². The molecule has 1 aliphatic rings. The molecule has 4 rings (SSSR count). The quantitative estimate of drug-likeness (QED) is 0.590. The number of aryl methyl sites for hydroxylation is 1. The van der Waals surface area contributed by atoms with Crippen molar-refractivity contribution in [1.29, 1.82) is 0 Å². The molecule has 8 nitrogen and oxygen atoms in total. The van der Waals surface area contributed by atoms with E-state index in [4.69, 9.17) is 0 Å². The third kappa shape index (κ3) is 5.14. The summed E-state index contributed by atoms with van der Waals surface area (Å²) >= 11 is 0. The summed E-state index contributed by atoms with van der Waals surface area (Å²) in [5, 5.41) is 4.20. The molecule has 1 saturated heterocycles. The predicted molar refractivity (Wildman–Crippen MR) is 131 cm³/mol. The fraction of sp³-hybridized carbons (Fsp3) is 0.400. The van der Waals surface area contributed by atoms with Crippen molar-refractivity contribution in [3.8, 4) is 0 Å². The number of nitrogens with zero attached hydrogens (tertiary/aromatic N) is 4. The number of hydrogen-bond acceptors (Lipinski definition) is 5. The first-order valence-corrected chi connectivity index (χ1v) is 12.9. The summed E-state index contributed by atoms with van der Waals surface area (Å²) in [7, 11) is -3.82.